The molecule has 1 aromatic heterocycles. The first kappa shape index (κ1) is 17.6. The lowest BCUT2D eigenvalue weighted by atomic mass is 10.1. The number of halogens is 3. The van der Waals surface area contributed by atoms with Crippen LogP contribution < -0.4 is 5.14 Å². The zero-order valence-corrected chi connectivity index (χ0v) is 14.1. The molecule has 0 saturated carbocycles. The highest BCUT2D eigenvalue weighted by Crippen LogP contribution is 2.38. The van der Waals surface area contributed by atoms with Gasteiger partial charge in [-0.05, 0) is 18.2 Å². The molecule has 0 aliphatic heterocycles. The number of hydrogen-bond donors (Lipinski definition) is 1. The first-order chi connectivity index (χ1) is 11.7. The van der Waals surface area contributed by atoms with Crippen LogP contribution in [0.25, 0.3) is 21.8 Å². The van der Waals surface area contributed by atoms with Gasteiger partial charge in [-0.3, -0.25) is 0 Å². The molecule has 1 heterocycles. The quantitative estimate of drug-likeness (QED) is 0.737. The Kier molecular flexibility index (Phi) is 4.40. The summed E-state index contributed by atoms with van der Waals surface area (Å²) < 4.78 is 61.9. The Morgan fingerprint density at radius 2 is 1.64 bits per heavy atom. The van der Waals surface area contributed by atoms with Crippen LogP contribution in [0.1, 0.15) is 5.56 Å². The Morgan fingerprint density at radius 1 is 1.00 bits per heavy atom. The van der Waals surface area contributed by atoms with E-state index in [1.807, 2.05) is 0 Å². The van der Waals surface area contributed by atoms with Gasteiger partial charge in [0.2, 0.25) is 10.0 Å². The molecule has 0 amide bonds. The molecule has 3 rings (SSSR count). The summed E-state index contributed by atoms with van der Waals surface area (Å²) in [6.07, 6.45) is -4.47. The lowest BCUT2D eigenvalue weighted by Crippen LogP contribution is -2.11. The van der Waals surface area contributed by atoms with Crippen molar-refractivity contribution in [3.63, 3.8) is 0 Å². The molecule has 0 aliphatic rings. The predicted octanol–water partition coefficient (Wildman–Crippen LogP) is 4.14. The van der Waals surface area contributed by atoms with E-state index in [1.54, 1.807) is 0 Å². The highest BCUT2D eigenvalue weighted by atomic mass is 32.2. The molecule has 130 valence electrons. The first-order valence-corrected chi connectivity index (χ1v) is 9.34. The average molecular weight is 384 g/mol. The second-order valence-corrected chi connectivity index (χ2v) is 7.57. The number of alkyl halides is 3. The number of thiazole rings is 1. The second kappa shape index (κ2) is 6.25. The minimum absolute atomic E-state index is 0.00124. The third-order valence-corrected chi connectivity index (χ3v) is 5.26. The van der Waals surface area contributed by atoms with Gasteiger partial charge in [0.25, 0.3) is 0 Å². The van der Waals surface area contributed by atoms with Crippen LogP contribution >= 0.6 is 11.3 Å². The van der Waals surface area contributed by atoms with Gasteiger partial charge < -0.3 is 0 Å². The van der Waals surface area contributed by atoms with E-state index in [9.17, 15) is 21.6 Å². The van der Waals surface area contributed by atoms with Crippen molar-refractivity contribution in [1.29, 1.82) is 0 Å². The van der Waals surface area contributed by atoms with Gasteiger partial charge in [0, 0.05) is 16.5 Å². The van der Waals surface area contributed by atoms with Crippen LogP contribution in [-0.4, -0.2) is 13.4 Å². The summed E-state index contributed by atoms with van der Waals surface area (Å²) in [5.41, 5.74) is 0.0478. The van der Waals surface area contributed by atoms with Crippen molar-refractivity contribution in [2.45, 2.75) is 11.1 Å². The second-order valence-electron chi connectivity index (χ2n) is 5.15. The standard InChI is InChI=1S/C16H11F3N2O2S2/c17-16(18,19)13-4-2-1-3-12(13)14-9-24-15(21-14)10-5-7-11(8-6-10)25(20,22)23/h1-9H,(H2,20,22,23). The number of nitrogens with zero attached hydrogens (tertiary/aromatic N) is 1. The van der Waals surface area contributed by atoms with Crippen LogP contribution in [-0.2, 0) is 16.2 Å². The monoisotopic (exact) mass is 384 g/mol. The summed E-state index contributed by atoms with van der Waals surface area (Å²) >= 11 is 1.17. The summed E-state index contributed by atoms with van der Waals surface area (Å²) in [5.74, 6) is 0. The van der Waals surface area contributed by atoms with Crippen LogP contribution in [0.3, 0.4) is 0 Å². The molecule has 0 atom stereocenters. The molecule has 0 aliphatic carbocycles. The molecule has 25 heavy (non-hydrogen) atoms. The molecule has 2 N–H and O–H groups in total. The van der Waals surface area contributed by atoms with Gasteiger partial charge >= 0.3 is 6.18 Å². The molecule has 0 bridgehead atoms. The largest absolute Gasteiger partial charge is 0.417 e. The van der Waals surface area contributed by atoms with E-state index in [0.29, 0.717) is 10.6 Å². The van der Waals surface area contributed by atoms with Gasteiger partial charge in [0.05, 0.1) is 16.2 Å². The smallest absolute Gasteiger partial charge is 0.236 e. The number of primary sulfonamides is 1. The first-order valence-electron chi connectivity index (χ1n) is 6.91. The fourth-order valence-corrected chi connectivity index (χ4v) is 3.61. The van der Waals surface area contributed by atoms with Crippen molar-refractivity contribution in [3.8, 4) is 21.8 Å². The maximum absolute atomic E-state index is 13.1. The van der Waals surface area contributed by atoms with E-state index < -0.39 is 21.8 Å². The molecule has 4 nitrogen and oxygen atoms in total. The van der Waals surface area contributed by atoms with Crippen LogP contribution in [0.2, 0.25) is 0 Å². The summed E-state index contributed by atoms with van der Waals surface area (Å²) in [4.78, 5) is 4.21. The Balaban J connectivity index is 1.99. The molecule has 2 aromatic carbocycles. The molecule has 9 heteroatoms. The normalized spacial score (nSPS) is 12.3. The number of sulfonamides is 1. The third kappa shape index (κ3) is 3.73. The summed E-state index contributed by atoms with van der Waals surface area (Å²) in [7, 11) is -3.80. The van der Waals surface area contributed by atoms with Gasteiger partial charge in [-0.25, -0.2) is 18.5 Å². The van der Waals surface area contributed by atoms with E-state index in [0.717, 1.165) is 6.07 Å². The number of aromatic nitrogens is 1. The fraction of sp³-hybridized carbons (Fsp3) is 0.0625. The maximum Gasteiger partial charge on any atom is 0.417 e. The Labute approximate surface area is 145 Å². The molecule has 0 unspecified atom stereocenters. The van der Waals surface area contributed by atoms with Gasteiger partial charge in [-0.15, -0.1) is 11.3 Å². The maximum atomic E-state index is 13.1. The van der Waals surface area contributed by atoms with Crippen LogP contribution in [0.4, 0.5) is 13.2 Å². The Morgan fingerprint density at radius 3 is 2.24 bits per heavy atom. The highest BCUT2D eigenvalue weighted by Gasteiger charge is 2.33. The van der Waals surface area contributed by atoms with Crippen LogP contribution in [0.15, 0.2) is 58.8 Å². The van der Waals surface area contributed by atoms with E-state index >= 15 is 0 Å². The van der Waals surface area contributed by atoms with Crippen molar-refractivity contribution in [1.82, 2.24) is 4.98 Å². The van der Waals surface area contributed by atoms with E-state index in [4.69, 9.17) is 5.14 Å². The van der Waals surface area contributed by atoms with Gasteiger partial charge in [-0.2, -0.15) is 13.2 Å². The summed E-state index contributed by atoms with van der Waals surface area (Å²) in [5, 5.41) is 7.05. The zero-order valence-electron chi connectivity index (χ0n) is 12.5. The van der Waals surface area contributed by atoms with Crippen molar-refractivity contribution < 1.29 is 21.6 Å². The van der Waals surface area contributed by atoms with E-state index in [2.05, 4.69) is 4.98 Å². The predicted molar refractivity (Wildman–Crippen MR) is 89.4 cm³/mol. The minimum Gasteiger partial charge on any atom is -0.236 e. The van der Waals surface area contributed by atoms with Gasteiger partial charge in [0.1, 0.15) is 5.01 Å². The summed E-state index contributed by atoms with van der Waals surface area (Å²) in [6, 6.07) is 10.9. The number of nitrogens with two attached hydrogens (primary N) is 1. The number of benzene rings is 2. The van der Waals surface area contributed by atoms with Crippen molar-refractivity contribution >= 4 is 21.4 Å². The van der Waals surface area contributed by atoms with Crippen molar-refractivity contribution in [3.05, 3.63) is 59.5 Å². The average Bonchev–Trinajstić information content (AvgIpc) is 3.03. The van der Waals surface area contributed by atoms with Gasteiger partial charge in [0.15, 0.2) is 0 Å². The minimum atomic E-state index is -4.47. The van der Waals surface area contributed by atoms with Crippen molar-refractivity contribution in [2.75, 3.05) is 0 Å². The zero-order chi connectivity index (χ0) is 18.2. The number of rotatable bonds is 3. The third-order valence-electron chi connectivity index (χ3n) is 3.44. The lowest BCUT2D eigenvalue weighted by molar-refractivity contribution is -0.137. The fourth-order valence-electron chi connectivity index (χ4n) is 2.27. The van der Waals surface area contributed by atoms with E-state index in [-0.39, 0.29) is 16.2 Å². The lowest BCUT2D eigenvalue weighted by Gasteiger charge is -2.10. The molecule has 0 fully saturated rings. The summed E-state index contributed by atoms with van der Waals surface area (Å²) in [6.45, 7) is 0. The molecule has 0 radical (unpaired) electrons. The highest BCUT2D eigenvalue weighted by molar-refractivity contribution is 7.89. The Bertz CT molecular complexity index is 1010. The SMILES string of the molecule is NS(=O)(=O)c1ccc(-c2nc(-c3ccccc3C(F)(F)F)cs2)cc1. The molecular formula is C16H11F3N2O2S2. The number of hydrogen-bond acceptors (Lipinski definition) is 4. The van der Waals surface area contributed by atoms with Crippen LogP contribution in [0, 0.1) is 0 Å². The molecule has 3 aromatic rings. The molecule has 0 spiro atoms. The van der Waals surface area contributed by atoms with Crippen molar-refractivity contribution in [2.24, 2.45) is 5.14 Å². The van der Waals surface area contributed by atoms with Gasteiger partial charge in [-0.1, -0.05) is 30.3 Å². The molecule has 0 saturated heterocycles. The van der Waals surface area contributed by atoms with Crippen LogP contribution in [0.5, 0.6) is 0 Å². The Hall–Kier alpha value is -2.23. The topological polar surface area (TPSA) is 73.1 Å². The van der Waals surface area contributed by atoms with E-state index in [1.165, 1.54) is 59.2 Å². The molecular weight excluding hydrogens is 373 g/mol.